The van der Waals surface area contributed by atoms with Crippen LogP contribution in [0.25, 0.3) is 0 Å². The second-order valence-electron chi connectivity index (χ2n) is 4.04. The Bertz CT molecular complexity index is 242. The SMILES string of the molecule is CCO[C@@H](O)C[C@@H](OC)C(=O)NC(CO)CCSC. The van der Waals surface area contributed by atoms with E-state index in [1.54, 1.807) is 18.7 Å². The van der Waals surface area contributed by atoms with E-state index >= 15 is 0 Å². The van der Waals surface area contributed by atoms with Crippen LogP contribution in [0.15, 0.2) is 0 Å². The molecule has 0 aromatic heterocycles. The van der Waals surface area contributed by atoms with Crippen LogP contribution in [-0.4, -0.2) is 66.9 Å². The van der Waals surface area contributed by atoms with E-state index in [1.165, 1.54) is 7.11 Å². The molecule has 0 fully saturated rings. The van der Waals surface area contributed by atoms with Gasteiger partial charge in [-0.3, -0.25) is 4.79 Å². The molecule has 0 saturated carbocycles. The monoisotopic (exact) mass is 295 g/mol. The summed E-state index contributed by atoms with van der Waals surface area (Å²) in [5, 5.41) is 21.4. The number of methoxy groups -OCH3 is 1. The van der Waals surface area contributed by atoms with Crippen LogP contribution in [0.2, 0.25) is 0 Å². The molecule has 0 aromatic rings. The van der Waals surface area contributed by atoms with E-state index in [9.17, 15) is 15.0 Å². The predicted molar refractivity (Wildman–Crippen MR) is 75.1 cm³/mol. The predicted octanol–water partition coefficient (Wildman–Crippen LogP) is -0.0234. The summed E-state index contributed by atoms with van der Waals surface area (Å²) in [4.78, 5) is 11.9. The summed E-state index contributed by atoms with van der Waals surface area (Å²) in [7, 11) is 1.40. The highest BCUT2D eigenvalue weighted by Crippen LogP contribution is 2.06. The van der Waals surface area contributed by atoms with Crippen molar-refractivity contribution in [1.29, 1.82) is 0 Å². The first-order chi connectivity index (χ1) is 9.08. The first-order valence-electron chi connectivity index (χ1n) is 6.31. The third-order valence-electron chi connectivity index (χ3n) is 2.59. The molecule has 7 heteroatoms. The van der Waals surface area contributed by atoms with E-state index in [4.69, 9.17) is 9.47 Å². The van der Waals surface area contributed by atoms with Crippen molar-refractivity contribution in [3.05, 3.63) is 0 Å². The number of hydrogen-bond acceptors (Lipinski definition) is 6. The molecule has 114 valence electrons. The van der Waals surface area contributed by atoms with Crippen molar-refractivity contribution < 1.29 is 24.5 Å². The average Bonchev–Trinajstić information content (AvgIpc) is 2.40. The lowest BCUT2D eigenvalue weighted by Gasteiger charge is -2.22. The number of nitrogens with one attached hydrogen (secondary N) is 1. The molecule has 0 aliphatic rings. The summed E-state index contributed by atoms with van der Waals surface area (Å²) in [5.74, 6) is 0.506. The zero-order valence-electron chi connectivity index (χ0n) is 11.8. The van der Waals surface area contributed by atoms with Gasteiger partial charge in [0, 0.05) is 20.1 Å². The van der Waals surface area contributed by atoms with Gasteiger partial charge >= 0.3 is 0 Å². The number of rotatable bonds is 11. The summed E-state index contributed by atoms with van der Waals surface area (Å²) < 4.78 is 10.0. The number of hydrogen-bond donors (Lipinski definition) is 3. The molecule has 0 bridgehead atoms. The molecule has 0 spiro atoms. The Labute approximate surface area is 118 Å². The highest BCUT2D eigenvalue weighted by molar-refractivity contribution is 7.98. The minimum atomic E-state index is -1.03. The third kappa shape index (κ3) is 8.43. The van der Waals surface area contributed by atoms with E-state index in [0.717, 1.165) is 5.75 Å². The van der Waals surface area contributed by atoms with Gasteiger partial charge in [0.2, 0.25) is 5.91 Å². The molecule has 3 atom stereocenters. The fourth-order valence-corrected chi connectivity index (χ4v) is 2.04. The van der Waals surface area contributed by atoms with Crippen molar-refractivity contribution in [3.63, 3.8) is 0 Å². The standard InChI is InChI=1S/C12H25NO5S/c1-4-18-11(15)7-10(17-2)12(16)13-9(8-14)5-6-19-3/h9-11,14-15H,4-8H2,1-3H3,(H,13,16)/t9?,10-,11-/m1/s1. The summed E-state index contributed by atoms with van der Waals surface area (Å²) in [6.45, 7) is 2.01. The first kappa shape index (κ1) is 18.7. The Kier molecular flexibility index (Phi) is 11.3. The van der Waals surface area contributed by atoms with Crippen molar-refractivity contribution in [2.75, 3.05) is 32.3 Å². The summed E-state index contributed by atoms with van der Waals surface area (Å²) >= 11 is 1.65. The van der Waals surface area contributed by atoms with Gasteiger partial charge in [-0.05, 0) is 25.4 Å². The van der Waals surface area contributed by atoms with Crippen LogP contribution < -0.4 is 5.32 Å². The van der Waals surface area contributed by atoms with Gasteiger partial charge in [0.15, 0.2) is 6.29 Å². The van der Waals surface area contributed by atoms with E-state index in [0.29, 0.717) is 13.0 Å². The molecular formula is C12H25NO5S. The van der Waals surface area contributed by atoms with Crippen molar-refractivity contribution in [2.45, 2.75) is 38.2 Å². The Hall–Kier alpha value is -0.340. The van der Waals surface area contributed by atoms with Gasteiger partial charge in [-0.1, -0.05) is 0 Å². The third-order valence-corrected chi connectivity index (χ3v) is 3.23. The Morgan fingerprint density at radius 3 is 2.63 bits per heavy atom. The van der Waals surface area contributed by atoms with Crippen LogP contribution in [-0.2, 0) is 14.3 Å². The normalized spacial score (nSPS) is 15.8. The lowest BCUT2D eigenvalue weighted by atomic mass is 10.2. The molecule has 0 aliphatic heterocycles. The van der Waals surface area contributed by atoms with Crippen molar-refractivity contribution in [3.8, 4) is 0 Å². The first-order valence-corrected chi connectivity index (χ1v) is 7.71. The van der Waals surface area contributed by atoms with E-state index < -0.39 is 12.4 Å². The molecule has 0 heterocycles. The van der Waals surface area contributed by atoms with Crippen molar-refractivity contribution >= 4 is 17.7 Å². The molecule has 6 nitrogen and oxygen atoms in total. The van der Waals surface area contributed by atoms with Gasteiger partial charge < -0.3 is 25.0 Å². The zero-order valence-corrected chi connectivity index (χ0v) is 12.6. The largest absolute Gasteiger partial charge is 0.394 e. The maximum atomic E-state index is 11.9. The summed E-state index contributed by atoms with van der Waals surface area (Å²) in [5.41, 5.74) is 0. The quantitative estimate of drug-likeness (QED) is 0.464. The fraction of sp³-hybridized carbons (Fsp3) is 0.917. The number of carbonyl (C=O) groups is 1. The van der Waals surface area contributed by atoms with Gasteiger partial charge in [0.05, 0.1) is 12.6 Å². The second-order valence-corrected chi connectivity index (χ2v) is 5.03. The molecular weight excluding hydrogens is 270 g/mol. The van der Waals surface area contributed by atoms with Crippen molar-refractivity contribution in [2.24, 2.45) is 0 Å². The van der Waals surface area contributed by atoms with Crippen LogP contribution in [0.1, 0.15) is 19.8 Å². The molecule has 1 amide bonds. The maximum Gasteiger partial charge on any atom is 0.249 e. The number of aliphatic hydroxyl groups excluding tert-OH is 2. The molecule has 0 radical (unpaired) electrons. The maximum absolute atomic E-state index is 11.9. The Balaban J connectivity index is 4.24. The number of thioether (sulfide) groups is 1. The van der Waals surface area contributed by atoms with Crippen LogP contribution in [0, 0.1) is 0 Å². The number of amides is 1. The molecule has 0 rings (SSSR count). The lowest BCUT2D eigenvalue weighted by molar-refractivity contribution is -0.146. The van der Waals surface area contributed by atoms with Crippen LogP contribution in [0.3, 0.4) is 0 Å². The minimum Gasteiger partial charge on any atom is -0.394 e. The van der Waals surface area contributed by atoms with Gasteiger partial charge in [0.25, 0.3) is 0 Å². The smallest absolute Gasteiger partial charge is 0.249 e. The Morgan fingerprint density at radius 1 is 1.47 bits per heavy atom. The van der Waals surface area contributed by atoms with Crippen LogP contribution in [0.5, 0.6) is 0 Å². The summed E-state index contributed by atoms with van der Waals surface area (Å²) in [6.07, 6.45) is 0.904. The zero-order chi connectivity index (χ0) is 14.7. The number of carbonyl (C=O) groups excluding carboxylic acids is 1. The van der Waals surface area contributed by atoms with Gasteiger partial charge in [-0.2, -0.15) is 11.8 Å². The van der Waals surface area contributed by atoms with Crippen LogP contribution in [0.4, 0.5) is 0 Å². The van der Waals surface area contributed by atoms with Gasteiger partial charge in [-0.25, -0.2) is 0 Å². The molecule has 1 unspecified atom stereocenters. The molecule has 0 aliphatic carbocycles. The minimum absolute atomic E-state index is 0.0663. The second kappa shape index (κ2) is 11.5. The highest BCUT2D eigenvalue weighted by atomic mass is 32.2. The molecule has 0 saturated heterocycles. The fourth-order valence-electron chi connectivity index (χ4n) is 1.52. The highest BCUT2D eigenvalue weighted by Gasteiger charge is 2.23. The molecule has 19 heavy (non-hydrogen) atoms. The molecule has 0 aromatic carbocycles. The number of aliphatic hydroxyl groups is 2. The summed E-state index contributed by atoms with van der Waals surface area (Å²) in [6, 6.07) is -0.290. The number of ether oxygens (including phenoxy) is 2. The van der Waals surface area contributed by atoms with E-state index in [1.807, 2.05) is 6.26 Å². The van der Waals surface area contributed by atoms with Gasteiger partial charge in [0.1, 0.15) is 6.10 Å². The van der Waals surface area contributed by atoms with E-state index in [2.05, 4.69) is 5.32 Å². The molecule has 3 N–H and O–H groups in total. The Morgan fingerprint density at radius 2 is 2.16 bits per heavy atom. The lowest BCUT2D eigenvalue weighted by Crippen LogP contribution is -2.45. The average molecular weight is 295 g/mol. The van der Waals surface area contributed by atoms with Crippen molar-refractivity contribution in [1.82, 2.24) is 5.32 Å². The topological polar surface area (TPSA) is 88.0 Å². The van der Waals surface area contributed by atoms with Crippen LogP contribution >= 0.6 is 11.8 Å². The van der Waals surface area contributed by atoms with Gasteiger partial charge in [-0.15, -0.1) is 0 Å². The van der Waals surface area contributed by atoms with E-state index in [-0.39, 0.29) is 25.0 Å².